The number of esters is 1. The van der Waals surface area contributed by atoms with Gasteiger partial charge < -0.3 is 15.2 Å². The molecule has 2 aromatic carbocycles. The van der Waals surface area contributed by atoms with Crippen LogP contribution in [0.25, 0.3) is 0 Å². The molecular weight excluding hydrogens is 342 g/mol. The number of amides is 1. The first-order valence-corrected chi connectivity index (χ1v) is 8.34. The second-order valence-corrected chi connectivity index (χ2v) is 6.12. The zero-order valence-corrected chi connectivity index (χ0v) is 14.8. The van der Waals surface area contributed by atoms with Gasteiger partial charge in [-0.05, 0) is 42.2 Å². The van der Waals surface area contributed by atoms with Crippen molar-refractivity contribution in [2.75, 3.05) is 11.9 Å². The largest absolute Gasteiger partial charge is 0.507 e. The minimum atomic E-state index is -0.814. The summed E-state index contributed by atoms with van der Waals surface area (Å²) in [6, 6.07) is 11.5. The number of benzene rings is 2. The van der Waals surface area contributed by atoms with Crippen molar-refractivity contribution in [2.45, 2.75) is 26.2 Å². The van der Waals surface area contributed by atoms with Crippen LogP contribution in [0.5, 0.6) is 5.75 Å². The smallest absolute Gasteiger partial charge is 0.342 e. The van der Waals surface area contributed by atoms with Gasteiger partial charge >= 0.3 is 5.97 Å². The third-order valence-corrected chi connectivity index (χ3v) is 4.13. The SMILES string of the molecule is CC[C@@H](C)c1ccccc1NC(=O)COC(=O)c1cc(Cl)ccc1O. The Bertz CT molecular complexity index is 776. The van der Waals surface area contributed by atoms with Crippen LogP contribution in [-0.2, 0) is 9.53 Å². The highest BCUT2D eigenvalue weighted by Gasteiger charge is 2.16. The second kappa shape index (κ2) is 8.53. The molecular formula is C19H20ClNO4. The number of nitrogens with one attached hydrogen (secondary N) is 1. The highest BCUT2D eigenvalue weighted by atomic mass is 35.5. The predicted molar refractivity (Wildman–Crippen MR) is 97.2 cm³/mol. The Morgan fingerprint density at radius 2 is 1.96 bits per heavy atom. The van der Waals surface area contributed by atoms with E-state index in [2.05, 4.69) is 19.2 Å². The van der Waals surface area contributed by atoms with Crippen molar-refractivity contribution in [2.24, 2.45) is 0 Å². The summed E-state index contributed by atoms with van der Waals surface area (Å²) in [7, 11) is 0. The molecule has 0 aromatic heterocycles. The first-order chi connectivity index (χ1) is 11.9. The summed E-state index contributed by atoms with van der Waals surface area (Å²) in [5.41, 5.74) is 1.64. The van der Waals surface area contributed by atoms with E-state index in [1.165, 1.54) is 18.2 Å². The molecule has 0 fully saturated rings. The lowest BCUT2D eigenvalue weighted by Crippen LogP contribution is -2.21. The summed E-state index contributed by atoms with van der Waals surface area (Å²) in [6.07, 6.45) is 0.940. The number of hydrogen-bond donors (Lipinski definition) is 2. The van der Waals surface area contributed by atoms with E-state index >= 15 is 0 Å². The fourth-order valence-corrected chi connectivity index (χ4v) is 2.50. The number of hydrogen-bond acceptors (Lipinski definition) is 4. The lowest BCUT2D eigenvalue weighted by molar-refractivity contribution is -0.119. The molecule has 25 heavy (non-hydrogen) atoms. The maximum atomic E-state index is 12.1. The van der Waals surface area contributed by atoms with Crippen LogP contribution in [0.3, 0.4) is 0 Å². The van der Waals surface area contributed by atoms with Crippen LogP contribution < -0.4 is 5.32 Å². The molecule has 2 aromatic rings. The number of phenols is 1. The third kappa shape index (κ3) is 4.97. The van der Waals surface area contributed by atoms with Crippen LogP contribution in [0.2, 0.25) is 5.02 Å². The summed E-state index contributed by atoms with van der Waals surface area (Å²) in [5.74, 6) is -1.23. The molecule has 6 heteroatoms. The number of para-hydroxylation sites is 1. The van der Waals surface area contributed by atoms with E-state index < -0.39 is 18.5 Å². The quantitative estimate of drug-likeness (QED) is 0.750. The summed E-state index contributed by atoms with van der Waals surface area (Å²) in [4.78, 5) is 24.1. The molecule has 0 spiro atoms. The molecule has 0 radical (unpaired) electrons. The Balaban J connectivity index is 2.00. The standard InChI is InChI=1S/C19H20ClNO4/c1-3-12(2)14-6-4-5-7-16(14)21-18(23)11-25-19(24)15-10-13(20)8-9-17(15)22/h4-10,12,22H,3,11H2,1-2H3,(H,21,23)/t12-/m1/s1. The van der Waals surface area contributed by atoms with E-state index in [-0.39, 0.29) is 16.3 Å². The van der Waals surface area contributed by atoms with Crippen molar-refractivity contribution >= 4 is 29.2 Å². The van der Waals surface area contributed by atoms with E-state index in [1.807, 2.05) is 24.3 Å². The number of phenolic OH excluding ortho intramolecular Hbond substituents is 1. The first kappa shape index (κ1) is 18.8. The summed E-state index contributed by atoms with van der Waals surface area (Å²) in [5, 5.41) is 12.7. The van der Waals surface area contributed by atoms with Gasteiger partial charge in [0, 0.05) is 10.7 Å². The number of carbonyl (C=O) groups is 2. The number of carbonyl (C=O) groups excluding carboxylic acids is 2. The van der Waals surface area contributed by atoms with Gasteiger partial charge in [-0.15, -0.1) is 0 Å². The number of ether oxygens (including phenoxy) is 1. The Morgan fingerprint density at radius 1 is 1.24 bits per heavy atom. The Hall–Kier alpha value is -2.53. The van der Waals surface area contributed by atoms with E-state index in [9.17, 15) is 14.7 Å². The molecule has 2 rings (SSSR count). The molecule has 1 amide bonds. The van der Waals surface area contributed by atoms with Crippen molar-refractivity contribution in [1.29, 1.82) is 0 Å². The molecule has 0 aliphatic rings. The molecule has 0 saturated heterocycles. The minimum absolute atomic E-state index is 0.0831. The van der Waals surface area contributed by atoms with Gasteiger partial charge in [-0.2, -0.15) is 0 Å². The van der Waals surface area contributed by atoms with Gasteiger partial charge in [0.1, 0.15) is 11.3 Å². The van der Waals surface area contributed by atoms with Crippen LogP contribution in [-0.4, -0.2) is 23.6 Å². The van der Waals surface area contributed by atoms with Crippen molar-refractivity contribution in [1.82, 2.24) is 0 Å². The van der Waals surface area contributed by atoms with E-state index in [4.69, 9.17) is 16.3 Å². The molecule has 0 heterocycles. The monoisotopic (exact) mass is 361 g/mol. The molecule has 5 nitrogen and oxygen atoms in total. The molecule has 0 aliphatic carbocycles. The van der Waals surface area contributed by atoms with Crippen molar-refractivity contribution < 1.29 is 19.4 Å². The fraction of sp³-hybridized carbons (Fsp3) is 0.263. The van der Waals surface area contributed by atoms with Gasteiger partial charge in [-0.3, -0.25) is 4.79 Å². The summed E-state index contributed by atoms with van der Waals surface area (Å²) >= 11 is 5.79. The Labute approximate surface area is 151 Å². The van der Waals surface area contributed by atoms with Crippen molar-refractivity contribution in [3.63, 3.8) is 0 Å². The summed E-state index contributed by atoms with van der Waals surface area (Å²) in [6.45, 7) is 3.69. The minimum Gasteiger partial charge on any atom is -0.507 e. The number of anilines is 1. The molecule has 0 bridgehead atoms. The zero-order valence-electron chi connectivity index (χ0n) is 14.1. The molecule has 1 atom stereocenters. The van der Waals surface area contributed by atoms with Crippen molar-refractivity contribution in [3.05, 3.63) is 58.6 Å². The normalized spacial score (nSPS) is 11.6. The lowest BCUT2D eigenvalue weighted by atomic mass is 9.97. The lowest BCUT2D eigenvalue weighted by Gasteiger charge is -2.15. The van der Waals surface area contributed by atoms with Crippen LogP contribution in [0, 0.1) is 0 Å². The molecule has 0 saturated carbocycles. The number of rotatable bonds is 6. The van der Waals surface area contributed by atoms with Crippen LogP contribution >= 0.6 is 11.6 Å². The van der Waals surface area contributed by atoms with E-state index in [0.29, 0.717) is 11.6 Å². The van der Waals surface area contributed by atoms with E-state index in [1.54, 1.807) is 0 Å². The predicted octanol–water partition coefficient (Wildman–Crippen LogP) is 4.35. The first-order valence-electron chi connectivity index (χ1n) is 7.96. The van der Waals surface area contributed by atoms with Crippen molar-refractivity contribution in [3.8, 4) is 5.75 Å². The van der Waals surface area contributed by atoms with Crippen LogP contribution in [0.15, 0.2) is 42.5 Å². The van der Waals surface area contributed by atoms with Gasteiger partial charge in [0.25, 0.3) is 5.91 Å². The maximum absolute atomic E-state index is 12.1. The van der Waals surface area contributed by atoms with Gasteiger partial charge in [-0.25, -0.2) is 4.79 Å². The maximum Gasteiger partial charge on any atom is 0.342 e. The molecule has 0 unspecified atom stereocenters. The van der Waals surface area contributed by atoms with Crippen LogP contribution in [0.4, 0.5) is 5.69 Å². The van der Waals surface area contributed by atoms with Gasteiger partial charge in [-0.1, -0.05) is 43.6 Å². The third-order valence-electron chi connectivity index (χ3n) is 3.89. The van der Waals surface area contributed by atoms with E-state index in [0.717, 1.165) is 12.0 Å². The Morgan fingerprint density at radius 3 is 2.68 bits per heavy atom. The molecule has 2 N–H and O–H groups in total. The van der Waals surface area contributed by atoms with Gasteiger partial charge in [0.15, 0.2) is 6.61 Å². The topological polar surface area (TPSA) is 75.6 Å². The average molecular weight is 362 g/mol. The number of aromatic hydroxyl groups is 1. The number of halogens is 1. The highest BCUT2D eigenvalue weighted by molar-refractivity contribution is 6.31. The average Bonchev–Trinajstić information content (AvgIpc) is 2.61. The van der Waals surface area contributed by atoms with Crippen LogP contribution in [0.1, 0.15) is 42.1 Å². The summed E-state index contributed by atoms with van der Waals surface area (Å²) < 4.78 is 4.95. The Kier molecular flexibility index (Phi) is 6.42. The second-order valence-electron chi connectivity index (χ2n) is 5.68. The zero-order chi connectivity index (χ0) is 18.4. The highest BCUT2D eigenvalue weighted by Crippen LogP contribution is 2.26. The molecule has 132 valence electrons. The van der Waals surface area contributed by atoms with Gasteiger partial charge in [0.2, 0.25) is 0 Å². The van der Waals surface area contributed by atoms with Gasteiger partial charge in [0.05, 0.1) is 0 Å². The fourth-order valence-electron chi connectivity index (χ4n) is 2.33. The molecule has 0 aliphatic heterocycles.